The molecule has 1 fully saturated rings. The lowest BCUT2D eigenvalue weighted by Gasteiger charge is -2.31. The highest BCUT2D eigenvalue weighted by Gasteiger charge is 2.27. The zero-order chi connectivity index (χ0) is 15.9. The van der Waals surface area contributed by atoms with Gasteiger partial charge >= 0.3 is 0 Å². The first kappa shape index (κ1) is 20.2. The normalized spacial score (nSPS) is 21.6. The number of aliphatic imine (C=N–C) groups is 1. The Balaban J connectivity index is 0.00000264. The summed E-state index contributed by atoms with van der Waals surface area (Å²) in [5.41, 5.74) is 8.63. The molecule has 2 N–H and O–H groups in total. The number of nitrogens with two attached hydrogens (primary N) is 1. The van der Waals surface area contributed by atoms with E-state index in [1.165, 1.54) is 11.1 Å². The highest BCUT2D eigenvalue weighted by atomic mass is 127. The molecule has 0 aliphatic carbocycles. The summed E-state index contributed by atoms with van der Waals surface area (Å²) in [6.45, 7) is 9.68. The van der Waals surface area contributed by atoms with E-state index in [0.717, 1.165) is 39.1 Å². The number of rotatable bonds is 5. The Labute approximate surface area is 157 Å². The molecule has 130 valence electrons. The topological polar surface area (TPSA) is 50.8 Å². The lowest BCUT2D eigenvalue weighted by molar-refractivity contribution is -0.0250. The average molecular weight is 431 g/mol. The summed E-state index contributed by atoms with van der Waals surface area (Å²) in [4.78, 5) is 6.71. The number of ether oxygens (including phenoxy) is 1. The van der Waals surface area contributed by atoms with Gasteiger partial charge in [-0.2, -0.15) is 0 Å². The van der Waals surface area contributed by atoms with E-state index in [4.69, 9.17) is 10.5 Å². The van der Waals surface area contributed by atoms with Crippen LogP contribution in [0, 0.1) is 12.8 Å². The van der Waals surface area contributed by atoms with E-state index < -0.39 is 0 Å². The lowest BCUT2D eigenvalue weighted by atomic mass is 9.89. The van der Waals surface area contributed by atoms with Crippen LogP contribution in [0.1, 0.15) is 43.9 Å². The number of benzene rings is 1. The van der Waals surface area contributed by atoms with E-state index in [1.807, 2.05) is 0 Å². The molecule has 2 rings (SSSR count). The summed E-state index contributed by atoms with van der Waals surface area (Å²) in [7, 11) is 0. The minimum absolute atomic E-state index is 0. The van der Waals surface area contributed by atoms with Crippen LogP contribution in [0.15, 0.2) is 29.3 Å². The van der Waals surface area contributed by atoms with Crippen molar-refractivity contribution in [2.45, 2.75) is 39.7 Å². The number of nitrogens with zero attached hydrogens (tertiary/aromatic N) is 2. The number of guanidine groups is 1. The SMILES string of the molecule is CCN(CC)C(N)=NCC1CCCOC1c1ccc(C)cc1.I. The molecule has 0 spiro atoms. The number of aryl methyl sites for hydroxylation is 1. The summed E-state index contributed by atoms with van der Waals surface area (Å²) in [6, 6.07) is 8.65. The Morgan fingerprint density at radius 1 is 1.26 bits per heavy atom. The van der Waals surface area contributed by atoms with Gasteiger partial charge in [0.1, 0.15) is 0 Å². The second kappa shape index (κ2) is 10.1. The first-order valence-corrected chi connectivity index (χ1v) is 8.38. The van der Waals surface area contributed by atoms with Gasteiger partial charge in [-0.15, -0.1) is 24.0 Å². The van der Waals surface area contributed by atoms with Gasteiger partial charge in [0, 0.05) is 32.2 Å². The Morgan fingerprint density at radius 3 is 2.52 bits per heavy atom. The Bertz CT molecular complexity index is 486. The summed E-state index contributed by atoms with van der Waals surface area (Å²) in [5, 5.41) is 0. The molecule has 1 saturated heterocycles. The maximum absolute atomic E-state index is 6.10. The fourth-order valence-corrected chi connectivity index (χ4v) is 3.01. The van der Waals surface area contributed by atoms with Crippen molar-refractivity contribution < 1.29 is 4.74 Å². The standard InChI is InChI=1S/C18H29N3O.HI/c1-4-21(5-2)18(19)20-13-16-7-6-12-22-17(16)15-10-8-14(3)9-11-15;/h8-11,16-17H,4-7,12-13H2,1-3H3,(H2,19,20);1H. The van der Waals surface area contributed by atoms with Crippen LogP contribution < -0.4 is 5.73 Å². The lowest BCUT2D eigenvalue weighted by Crippen LogP contribution is -2.37. The monoisotopic (exact) mass is 431 g/mol. The largest absolute Gasteiger partial charge is 0.373 e. The van der Waals surface area contributed by atoms with Crippen molar-refractivity contribution in [2.24, 2.45) is 16.6 Å². The molecule has 0 saturated carbocycles. The van der Waals surface area contributed by atoms with Gasteiger partial charge in [0.15, 0.2) is 5.96 Å². The average Bonchev–Trinajstić information content (AvgIpc) is 2.55. The van der Waals surface area contributed by atoms with Crippen molar-refractivity contribution in [3.63, 3.8) is 0 Å². The molecule has 0 bridgehead atoms. The fourth-order valence-electron chi connectivity index (χ4n) is 3.01. The van der Waals surface area contributed by atoms with Crippen LogP contribution >= 0.6 is 24.0 Å². The number of hydrogen-bond donors (Lipinski definition) is 1. The van der Waals surface area contributed by atoms with Gasteiger partial charge in [0.2, 0.25) is 0 Å². The molecule has 23 heavy (non-hydrogen) atoms. The minimum atomic E-state index is 0. The van der Waals surface area contributed by atoms with E-state index in [-0.39, 0.29) is 30.1 Å². The molecule has 5 heteroatoms. The molecule has 2 atom stereocenters. The van der Waals surface area contributed by atoms with Gasteiger partial charge in [0.25, 0.3) is 0 Å². The number of halogens is 1. The molecule has 1 aliphatic heterocycles. The zero-order valence-electron chi connectivity index (χ0n) is 14.5. The summed E-state index contributed by atoms with van der Waals surface area (Å²) in [6.07, 6.45) is 2.39. The quantitative estimate of drug-likeness (QED) is 0.439. The summed E-state index contributed by atoms with van der Waals surface area (Å²) >= 11 is 0. The molecular weight excluding hydrogens is 401 g/mol. The van der Waals surface area contributed by atoms with E-state index in [1.54, 1.807) is 0 Å². The maximum atomic E-state index is 6.10. The Kier molecular flexibility index (Phi) is 8.91. The predicted molar refractivity (Wildman–Crippen MR) is 107 cm³/mol. The van der Waals surface area contributed by atoms with Crippen molar-refractivity contribution in [3.8, 4) is 0 Å². The molecule has 0 radical (unpaired) electrons. The summed E-state index contributed by atoms with van der Waals surface area (Å²) in [5.74, 6) is 1.06. The second-order valence-electron chi connectivity index (χ2n) is 5.98. The molecule has 2 unspecified atom stereocenters. The van der Waals surface area contributed by atoms with Gasteiger partial charge in [-0.05, 0) is 39.2 Å². The zero-order valence-corrected chi connectivity index (χ0v) is 16.8. The van der Waals surface area contributed by atoms with Gasteiger partial charge < -0.3 is 15.4 Å². The molecule has 0 amide bonds. The number of hydrogen-bond acceptors (Lipinski definition) is 2. The van der Waals surface area contributed by atoms with Crippen LogP contribution in [0.3, 0.4) is 0 Å². The van der Waals surface area contributed by atoms with Crippen LogP contribution in [0.25, 0.3) is 0 Å². The van der Waals surface area contributed by atoms with E-state index in [9.17, 15) is 0 Å². The molecule has 1 aliphatic rings. The highest BCUT2D eigenvalue weighted by molar-refractivity contribution is 14.0. The highest BCUT2D eigenvalue weighted by Crippen LogP contribution is 2.33. The van der Waals surface area contributed by atoms with Crippen molar-refractivity contribution in [3.05, 3.63) is 35.4 Å². The fraction of sp³-hybridized carbons (Fsp3) is 0.611. The third-order valence-electron chi connectivity index (χ3n) is 4.43. The Morgan fingerprint density at radius 2 is 1.91 bits per heavy atom. The van der Waals surface area contributed by atoms with Gasteiger partial charge in [-0.1, -0.05) is 29.8 Å². The van der Waals surface area contributed by atoms with Crippen molar-refractivity contribution in [2.75, 3.05) is 26.2 Å². The molecule has 1 aromatic rings. The van der Waals surface area contributed by atoms with Crippen LogP contribution in [0.2, 0.25) is 0 Å². The van der Waals surface area contributed by atoms with Crippen LogP contribution in [0.5, 0.6) is 0 Å². The third-order valence-corrected chi connectivity index (χ3v) is 4.43. The smallest absolute Gasteiger partial charge is 0.191 e. The van der Waals surface area contributed by atoms with Crippen molar-refractivity contribution in [1.29, 1.82) is 0 Å². The predicted octanol–water partition coefficient (Wildman–Crippen LogP) is 3.74. The Hall–Kier alpha value is -0.820. The first-order chi connectivity index (χ1) is 10.7. The second-order valence-corrected chi connectivity index (χ2v) is 5.98. The maximum Gasteiger partial charge on any atom is 0.191 e. The molecule has 4 nitrogen and oxygen atoms in total. The molecule has 1 aromatic carbocycles. The molecule has 0 aromatic heterocycles. The summed E-state index contributed by atoms with van der Waals surface area (Å²) < 4.78 is 6.04. The molecular formula is C18H30IN3O. The first-order valence-electron chi connectivity index (χ1n) is 8.38. The van der Waals surface area contributed by atoms with Crippen molar-refractivity contribution in [1.82, 2.24) is 4.90 Å². The van der Waals surface area contributed by atoms with E-state index >= 15 is 0 Å². The van der Waals surface area contributed by atoms with Gasteiger partial charge in [0.05, 0.1) is 6.10 Å². The van der Waals surface area contributed by atoms with E-state index in [2.05, 4.69) is 54.9 Å². The molecule has 1 heterocycles. The van der Waals surface area contributed by atoms with E-state index in [0.29, 0.717) is 11.9 Å². The van der Waals surface area contributed by atoms with Gasteiger partial charge in [-0.25, -0.2) is 0 Å². The minimum Gasteiger partial charge on any atom is -0.373 e. The van der Waals surface area contributed by atoms with Crippen LogP contribution in [0.4, 0.5) is 0 Å². The third kappa shape index (κ3) is 5.64. The van der Waals surface area contributed by atoms with Crippen molar-refractivity contribution >= 4 is 29.9 Å². The van der Waals surface area contributed by atoms with Crippen LogP contribution in [-0.4, -0.2) is 37.1 Å². The van der Waals surface area contributed by atoms with Crippen LogP contribution in [-0.2, 0) is 4.74 Å². The van der Waals surface area contributed by atoms with Gasteiger partial charge in [-0.3, -0.25) is 4.99 Å².